The van der Waals surface area contributed by atoms with Gasteiger partial charge in [-0.1, -0.05) is 37.2 Å². The van der Waals surface area contributed by atoms with Crippen molar-refractivity contribution in [1.82, 2.24) is 0 Å². The highest BCUT2D eigenvalue weighted by Gasteiger charge is 2.22. The number of aryl methyl sites for hydroxylation is 1. The van der Waals surface area contributed by atoms with E-state index in [-0.39, 0.29) is 5.41 Å². The minimum absolute atomic E-state index is 0.262. The van der Waals surface area contributed by atoms with Crippen LogP contribution in [-0.2, 0) is 0 Å². The highest BCUT2D eigenvalue weighted by atomic mass is 16.4. The standard InChI is InChI=1S/C14H23N3O/c1-11-7-4-5-8-12(11)16-10-6-9-14(2,3)13(15)17-18/h4-5,7-8,16,18H,6,9-10H2,1-3H3,(H2,15,17). The average molecular weight is 249 g/mol. The molecule has 0 saturated carbocycles. The summed E-state index contributed by atoms with van der Waals surface area (Å²) in [5, 5.41) is 15.2. The van der Waals surface area contributed by atoms with Crippen LogP contribution in [0.1, 0.15) is 32.3 Å². The Morgan fingerprint density at radius 3 is 2.67 bits per heavy atom. The molecular weight excluding hydrogens is 226 g/mol. The molecule has 0 atom stereocenters. The summed E-state index contributed by atoms with van der Waals surface area (Å²) in [6, 6.07) is 8.21. The van der Waals surface area contributed by atoms with E-state index in [1.54, 1.807) is 0 Å². The molecule has 4 heteroatoms. The highest BCUT2D eigenvalue weighted by molar-refractivity contribution is 5.85. The normalized spacial score (nSPS) is 12.5. The Hall–Kier alpha value is -1.71. The van der Waals surface area contributed by atoms with E-state index in [0.29, 0.717) is 5.84 Å². The second kappa shape index (κ2) is 6.28. The van der Waals surface area contributed by atoms with Crippen LogP contribution >= 0.6 is 0 Å². The molecule has 18 heavy (non-hydrogen) atoms. The van der Waals surface area contributed by atoms with Crippen molar-refractivity contribution < 1.29 is 5.21 Å². The molecule has 4 N–H and O–H groups in total. The lowest BCUT2D eigenvalue weighted by molar-refractivity contribution is 0.305. The van der Waals surface area contributed by atoms with Gasteiger partial charge in [-0.2, -0.15) is 0 Å². The van der Waals surface area contributed by atoms with Crippen molar-refractivity contribution in [1.29, 1.82) is 0 Å². The summed E-state index contributed by atoms with van der Waals surface area (Å²) in [5.74, 6) is 0.290. The Morgan fingerprint density at radius 2 is 2.06 bits per heavy atom. The number of nitrogens with one attached hydrogen (secondary N) is 1. The number of amidine groups is 1. The smallest absolute Gasteiger partial charge is 0.144 e. The van der Waals surface area contributed by atoms with E-state index in [0.717, 1.165) is 19.4 Å². The van der Waals surface area contributed by atoms with Crippen molar-refractivity contribution in [3.05, 3.63) is 29.8 Å². The Kier molecular flexibility index (Phi) is 5.01. The molecular formula is C14H23N3O. The van der Waals surface area contributed by atoms with Crippen LogP contribution in [0.25, 0.3) is 0 Å². The number of hydrogen-bond donors (Lipinski definition) is 3. The molecule has 0 amide bonds. The van der Waals surface area contributed by atoms with E-state index < -0.39 is 0 Å². The van der Waals surface area contributed by atoms with Crippen LogP contribution in [0.3, 0.4) is 0 Å². The SMILES string of the molecule is Cc1ccccc1NCCCC(C)(C)C(N)=NO. The van der Waals surface area contributed by atoms with Gasteiger partial charge in [-0.3, -0.25) is 0 Å². The predicted molar refractivity (Wildman–Crippen MR) is 76.1 cm³/mol. The molecule has 0 heterocycles. The third kappa shape index (κ3) is 3.95. The van der Waals surface area contributed by atoms with Crippen molar-refractivity contribution >= 4 is 11.5 Å². The second-order valence-electron chi connectivity index (χ2n) is 5.21. The van der Waals surface area contributed by atoms with E-state index in [2.05, 4.69) is 29.5 Å². The molecule has 0 spiro atoms. The Balaban J connectivity index is 2.38. The Bertz CT molecular complexity index is 413. The lowest BCUT2D eigenvalue weighted by atomic mass is 9.86. The highest BCUT2D eigenvalue weighted by Crippen LogP contribution is 2.22. The molecule has 4 nitrogen and oxygen atoms in total. The zero-order chi connectivity index (χ0) is 13.6. The zero-order valence-corrected chi connectivity index (χ0v) is 11.4. The molecule has 100 valence electrons. The molecule has 0 aliphatic carbocycles. The largest absolute Gasteiger partial charge is 0.409 e. The van der Waals surface area contributed by atoms with Gasteiger partial charge in [0.25, 0.3) is 0 Å². The minimum Gasteiger partial charge on any atom is -0.409 e. The van der Waals surface area contributed by atoms with Crippen molar-refractivity contribution in [2.24, 2.45) is 16.3 Å². The lowest BCUT2D eigenvalue weighted by Gasteiger charge is -2.22. The first-order valence-corrected chi connectivity index (χ1v) is 6.25. The van der Waals surface area contributed by atoms with Gasteiger partial charge < -0.3 is 16.3 Å². The molecule has 0 aromatic heterocycles. The maximum absolute atomic E-state index is 8.69. The predicted octanol–water partition coefficient (Wildman–Crippen LogP) is 2.96. The molecule has 0 saturated heterocycles. The number of hydrogen-bond acceptors (Lipinski definition) is 3. The van der Waals surface area contributed by atoms with Crippen molar-refractivity contribution in [3.8, 4) is 0 Å². The first kappa shape index (κ1) is 14.4. The lowest BCUT2D eigenvalue weighted by Crippen LogP contribution is -2.32. The van der Waals surface area contributed by atoms with Gasteiger partial charge in [0.15, 0.2) is 0 Å². The molecule has 0 bridgehead atoms. The van der Waals surface area contributed by atoms with Gasteiger partial charge in [0.1, 0.15) is 5.84 Å². The van der Waals surface area contributed by atoms with Gasteiger partial charge in [0.2, 0.25) is 0 Å². The fourth-order valence-corrected chi connectivity index (χ4v) is 1.79. The minimum atomic E-state index is -0.262. The van der Waals surface area contributed by atoms with Crippen LogP contribution in [0.5, 0.6) is 0 Å². The van der Waals surface area contributed by atoms with Gasteiger partial charge in [0, 0.05) is 17.6 Å². The monoisotopic (exact) mass is 249 g/mol. The zero-order valence-electron chi connectivity index (χ0n) is 11.4. The van der Waals surface area contributed by atoms with E-state index in [9.17, 15) is 0 Å². The number of anilines is 1. The molecule has 0 aliphatic heterocycles. The fraction of sp³-hybridized carbons (Fsp3) is 0.500. The third-order valence-electron chi connectivity index (χ3n) is 3.24. The van der Waals surface area contributed by atoms with Crippen LogP contribution in [0.4, 0.5) is 5.69 Å². The first-order valence-electron chi connectivity index (χ1n) is 6.25. The van der Waals surface area contributed by atoms with Crippen molar-refractivity contribution in [3.63, 3.8) is 0 Å². The Labute approximate surface area is 109 Å². The van der Waals surface area contributed by atoms with Gasteiger partial charge in [0.05, 0.1) is 0 Å². The van der Waals surface area contributed by atoms with Crippen LogP contribution in [0, 0.1) is 12.3 Å². The summed E-state index contributed by atoms with van der Waals surface area (Å²) >= 11 is 0. The third-order valence-corrected chi connectivity index (χ3v) is 3.24. The van der Waals surface area contributed by atoms with E-state index >= 15 is 0 Å². The average Bonchev–Trinajstić information content (AvgIpc) is 2.35. The van der Waals surface area contributed by atoms with Gasteiger partial charge in [-0.05, 0) is 31.4 Å². The number of nitrogens with two attached hydrogens (primary N) is 1. The van der Waals surface area contributed by atoms with Crippen LogP contribution < -0.4 is 11.1 Å². The van der Waals surface area contributed by atoms with Gasteiger partial charge in [-0.25, -0.2) is 0 Å². The number of nitrogens with zero attached hydrogens (tertiary/aromatic N) is 1. The van der Waals surface area contributed by atoms with Crippen LogP contribution in [0.15, 0.2) is 29.4 Å². The molecule has 0 fully saturated rings. The van der Waals surface area contributed by atoms with Crippen LogP contribution in [-0.4, -0.2) is 17.6 Å². The number of benzene rings is 1. The summed E-state index contributed by atoms with van der Waals surface area (Å²) in [4.78, 5) is 0. The summed E-state index contributed by atoms with van der Waals surface area (Å²) in [6.45, 7) is 6.93. The number of para-hydroxylation sites is 1. The van der Waals surface area contributed by atoms with E-state index in [1.165, 1.54) is 11.3 Å². The second-order valence-corrected chi connectivity index (χ2v) is 5.21. The molecule has 0 radical (unpaired) electrons. The number of oxime groups is 1. The van der Waals surface area contributed by atoms with E-state index in [4.69, 9.17) is 10.9 Å². The van der Waals surface area contributed by atoms with Crippen molar-refractivity contribution in [2.75, 3.05) is 11.9 Å². The van der Waals surface area contributed by atoms with Crippen LogP contribution in [0.2, 0.25) is 0 Å². The summed E-state index contributed by atoms with van der Waals surface area (Å²) < 4.78 is 0. The summed E-state index contributed by atoms with van der Waals surface area (Å²) in [7, 11) is 0. The summed E-state index contributed by atoms with van der Waals surface area (Å²) in [6.07, 6.45) is 1.85. The fourth-order valence-electron chi connectivity index (χ4n) is 1.79. The maximum atomic E-state index is 8.69. The van der Waals surface area contributed by atoms with Gasteiger partial charge in [-0.15, -0.1) is 0 Å². The summed E-state index contributed by atoms with van der Waals surface area (Å²) in [5.41, 5.74) is 7.80. The maximum Gasteiger partial charge on any atom is 0.144 e. The topological polar surface area (TPSA) is 70.6 Å². The quantitative estimate of drug-likeness (QED) is 0.239. The number of rotatable bonds is 6. The molecule has 1 rings (SSSR count). The van der Waals surface area contributed by atoms with E-state index in [1.807, 2.05) is 26.0 Å². The molecule has 0 aliphatic rings. The molecule has 1 aromatic carbocycles. The first-order chi connectivity index (χ1) is 8.47. The molecule has 0 unspecified atom stereocenters. The van der Waals surface area contributed by atoms with Gasteiger partial charge >= 0.3 is 0 Å². The van der Waals surface area contributed by atoms with Crippen molar-refractivity contribution in [2.45, 2.75) is 33.6 Å². The molecule has 1 aromatic rings. The Morgan fingerprint density at radius 1 is 1.39 bits per heavy atom.